The number of rotatable bonds is 2. The standard InChI is InChI=1S/C10H15F4NO2/c1-2-7-17-8(16)15-5-3-9(11,4-6-15)10(12,13)14/h2-7H2,1H3. The lowest BCUT2D eigenvalue weighted by Crippen LogP contribution is -2.51. The van der Waals surface area contributed by atoms with Crippen LogP contribution >= 0.6 is 0 Å². The topological polar surface area (TPSA) is 29.5 Å². The molecule has 0 atom stereocenters. The molecule has 1 heterocycles. The first-order chi connectivity index (χ1) is 7.80. The third-order valence-corrected chi connectivity index (χ3v) is 2.75. The van der Waals surface area contributed by atoms with Crippen molar-refractivity contribution in [3.8, 4) is 0 Å². The fourth-order valence-electron chi connectivity index (χ4n) is 1.61. The van der Waals surface area contributed by atoms with Gasteiger partial charge in [-0.1, -0.05) is 6.92 Å². The molecule has 3 nitrogen and oxygen atoms in total. The molecule has 17 heavy (non-hydrogen) atoms. The van der Waals surface area contributed by atoms with Crippen LogP contribution in [-0.4, -0.2) is 42.5 Å². The van der Waals surface area contributed by atoms with Crippen LogP contribution in [0.4, 0.5) is 22.4 Å². The maximum Gasteiger partial charge on any atom is 0.422 e. The van der Waals surface area contributed by atoms with Gasteiger partial charge in [0.25, 0.3) is 0 Å². The molecule has 1 aliphatic heterocycles. The maximum absolute atomic E-state index is 13.5. The number of alkyl halides is 4. The normalized spacial score (nSPS) is 20.2. The second-order valence-corrected chi connectivity index (χ2v) is 4.06. The Morgan fingerprint density at radius 3 is 2.29 bits per heavy atom. The van der Waals surface area contributed by atoms with Gasteiger partial charge in [-0.3, -0.25) is 0 Å². The Kier molecular flexibility index (Phi) is 4.21. The summed E-state index contributed by atoms with van der Waals surface area (Å²) in [5.41, 5.74) is -3.17. The SMILES string of the molecule is CCCOC(=O)N1CCC(F)(C(F)(F)F)CC1. The van der Waals surface area contributed by atoms with Gasteiger partial charge in [-0.25, -0.2) is 9.18 Å². The number of nitrogens with zero attached hydrogens (tertiary/aromatic N) is 1. The number of carbonyl (C=O) groups is 1. The molecule has 0 bridgehead atoms. The van der Waals surface area contributed by atoms with Crippen LogP contribution in [0.5, 0.6) is 0 Å². The zero-order chi connectivity index (χ0) is 13.1. The Morgan fingerprint density at radius 1 is 1.35 bits per heavy atom. The molecule has 0 aromatic rings. The molecule has 0 aromatic carbocycles. The van der Waals surface area contributed by atoms with Crippen molar-refractivity contribution in [2.24, 2.45) is 0 Å². The monoisotopic (exact) mass is 257 g/mol. The van der Waals surface area contributed by atoms with Gasteiger partial charge >= 0.3 is 12.3 Å². The zero-order valence-electron chi connectivity index (χ0n) is 9.52. The second-order valence-electron chi connectivity index (χ2n) is 4.06. The van der Waals surface area contributed by atoms with Gasteiger partial charge in [-0.15, -0.1) is 0 Å². The molecular formula is C10H15F4NO2. The summed E-state index contributed by atoms with van der Waals surface area (Å²) in [4.78, 5) is 12.4. The van der Waals surface area contributed by atoms with E-state index in [2.05, 4.69) is 0 Å². The van der Waals surface area contributed by atoms with Crippen LogP contribution in [0.2, 0.25) is 0 Å². The van der Waals surface area contributed by atoms with Gasteiger partial charge in [-0.2, -0.15) is 13.2 Å². The number of hydrogen-bond donors (Lipinski definition) is 0. The first-order valence-corrected chi connectivity index (χ1v) is 5.47. The molecule has 1 saturated heterocycles. The van der Waals surface area contributed by atoms with Crippen molar-refractivity contribution in [2.75, 3.05) is 19.7 Å². The van der Waals surface area contributed by atoms with Crippen molar-refractivity contribution in [1.82, 2.24) is 4.90 Å². The molecule has 0 unspecified atom stereocenters. The van der Waals surface area contributed by atoms with E-state index >= 15 is 0 Å². The summed E-state index contributed by atoms with van der Waals surface area (Å²) in [6.07, 6.45) is -6.35. The summed E-state index contributed by atoms with van der Waals surface area (Å²) in [6, 6.07) is 0. The number of ether oxygens (including phenoxy) is 1. The second kappa shape index (κ2) is 5.10. The van der Waals surface area contributed by atoms with E-state index < -0.39 is 30.8 Å². The molecular weight excluding hydrogens is 242 g/mol. The van der Waals surface area contributed by atoms with Crippen LogP contribution in [0.3, 0.4) is 0 Å². The Hall–Kier alpha value is -1.01. The molecule has 0 radical (unpaired) electrons. The lowest BCUT2D eigenvalue weighted by atomic mass is 9.93. The van der Waals surface area contributed by atoms with E-state index in [1.807, 2.05) is 0 Å². The highest BCUT2D eigenvalue weighted by atomic mass is 19.4. The number of likely N-dealkylation sites (tertiary alicyclic amines) is 1. The molecule has 0 spiro atoms. The fraction of sp³-hybridized carbons (Fsp3) is 0.900. The maximum atomic E-state index is 13.5. The number of amides is 1. The first kappa shape index (κ1) is 14.1. The number of piperidine rings is 1. The molecule has 0 N–H and O–H groups in total. The molecule has 0 aliphatic carbocycles. The largest absolute Gasteiger partial charge is 0.449 e. The highest BCUT2D eigenvalue weighted by Gasteiger charge is 2.57. The molecule has 100 valence electrons. The Balaban J connectivity index is 2.48. The zero-order valence-corrected chi connectivity index (χ0v) is 9.52. The third-order valence-electron chi connectivity index (χ3n) is 2.75. The molecule has 1 rings (SSSR count). The average molecular weight is 257 g/mol. The van der Waals surface area contributed by atoms with Gasteiger partial charge in [0.1, 0.15) is 0 Å². The van der Waals surface area contributed by atoms with Crippen molar-refractivity contribution in [3.05, 3.63) is 0 Å². The average Bonchev–Trinajstić information content (AvgIpc) is 2.25. The van der Waals surface area contributed by atoms with Gasteiger partial charge in [0.15, 0.2) is 0 Å². The quantitative estimate of drug-likeness (QED) is 0.712. The highest BCUT2D eigenvalue weighted by molar-refractivity contribution is 5.67. The lowest BCUT2D eigenvalue weighted by Gasteiger charge is -2.36. The summed E-state index contributed by atoms with van der Waals surface area (Å²) >= 11 is 0. The van der Waals surface area contributed by atoms with E-state index in [0.29, 0.717) is 6.42 Å². The third kappa shape index (κ3) is 3.23. The molecule has 1 fully saturated rings. The van der Waals surface area contributed by atoms with Gasteiger partial charge in [-0.05, 0) is 6.42 Å². The minimum atomic E-state index is -4.87. The predicted molar refractivity (Wildman–Crippen MR) is 52.3 cm³/mol. The van der Waals surface area contributed by atoms with E-state index in [-0.39, 0.29) is 19.7 Å². The van der Waals surface area contributed by atoms with Crippen LogP contribution in [0, 0.1) is 0 Å². The summed E-state index contributed by atoms with van der Waals surface area (Å²) in [5.74, 6) is 0. The lowest BCUT2D eigenvalue weighted by molar-refractivity contribution is -0.241. The van der Waals surface area contributed by atoms with Crippen molar-refractivity contribution < 1.29 is 27.1 Å². The van der Waals surface area contributed by atoms with E-state index in [1.54, 1.807) is 6.92 Å². The smallest absolute Gasteiger partial charge is 0.422 e. The van der Waals surface area contributed by atoms with Crippen LogP contribution in [0.15, 0.2) is 0 Å². The number of halogens is 4. The van der Waals surface area contributed by atoms with Gasteiger partial charge < -0.3 is 9.64 Å². The van der Waals surface area contributed by atoms with Crippen LogP contribution in [0.1, 0.15) is 26.2 Å². The number of carbonyl (C=O) groups excluding carboxylic acids is 1. The van der Waals surface area contributed by atoms with Gasteiger partial charge in [0, 0.05) is 25.9 Å². The highest BCUT2D eigenvalue weighted by Crippen LogP contribution is 2.41. The Morgan fingerprint density at radius 2 is 1.88 bits per heavy atom. The minimum absolute atomic E-state index is 0.218. The van der Waals surface area contributed by atoms with E-state index in [1.165, 1.54) is 0 Å². The van der Waals surface area contributed by atoms with Gasteiger partial charge in [0.05, 0.1) is 6.61 Å². The molecule has 0 saturated carbocycles. The predicted octanol–water partition coefficient (Wildman–Crippen LogP) is 2.90. The summed E-state index contributed by atoms with van der Waals surface area (Å²) in [5, 5.41) is 0. The summed E-state index contributed by atoms with van der Waals surface area (Å²) in [6.45, 7) is 1.49. The molecule has 1 amide bonds. The van der Waals surface area contributed by atoms with E-state index in [9.17, 15) is 22.4 Å². The summed E-state index contributed by atoms with van der Waals surface area (Å²) < 4.78 is 55.3. The van der Waals surface area contributed by atoms with Gasteiger partial charge in [0.2, 0.25) is 5.67 Å². The van der Waals surface area contributed by atoms with Crippen LogP contribution < -0.4 is 0 Å². The molecule has 0 aromatic heterocycles. The fourth-order valence-corrected chi connectivity index (χ4v) is 1.61. The summed E-state index contributed by atoms with van der Waals surface area (Å²) in [7, 11) is 0. The van der Waals surface area contributed by atoms with Crippen LogP contribution in [0.25, 0.3) is 0 Å². The Bertz CT molecular complexity index is 272. The number of hydrogen-bond acceptors (Lipinski definition) is 2. The van der Waals surface area contributed by atoms with E-state index in [0.717, 1.165) is 4.90 Å². The molecule has 7 heteroatoms. The van der Waals surface area contributed by atoms with Crippen molar-refractivity contribution >= 4 is 6.09 Å². The Labute approximate surface area is 96.7 Å². The van der Waals surface area contributed by atoms with Crippen molar-refractivity contribution in [3.63, 3.8) is 0 Å². The van der Waals surface area contributed by atoms with Crippen molar-refractivity contribution in [2.45, 2.75) is 38.0 Å². The van der Waals surface area contributed by atoms with Crippen LogP contribution in [-0.2, 0) is 4.74 Å². The first-order valence-electron chi connectivity index (χ1n) is 5.47. The molecule has 1 aliphatic rings. The van der Waals surface area contributed by atoms with Crippen molar-refractivity contribution in [1.29, 1.82) is 0 Å². The minimum Gasteiger partial charge on any atom is -0.449 e. The van der Waals surface area contributed by atoms with E-state index in [4.69, 9.17) is 4.74 Å².